The highest BCUT2D eigenvalue weighted by atomic mass is 31.1. The maximum atomic E-state index is 10.5. The summed E-state index contributed by atoms with van der Waals surface area (Å²) < 4.78 is 15.4. The lowest BCUT2D eigenvalue weighted by molar-refractivity contribution is 0.418. The fourth-order valence-corrected chi connectivity index (χ4v) is 1.18. The second-order valence-corrected chi connectivity index (χ2v) is 2.55. The van der Waals surface area contributed by atoms with Crippen LogP contribution in [-0.4, -0.2) is 7.11 Å². The van der Waals surface area contributed by atoms with Gasteiger partial charge in [-0.3, -0.25) is 0 Å². The molecule has 0 bridgehead atoms. The number of methoxy groups -OCH3 is 1. The van der Waals surface area contributed by atoms with Crippen molar-refractivity contribution in [1.29, 1.82) is 0 Å². The predicted molar refractivity (Wildman–Crippen MR) is 41.6 cm³/mol. The molecule has 0 radical (unpaired) electrons. The van der Waals surface area contributed by atoms with Crippen LogP contribution in [-0.2, 0) is 4.57 Å². The van der Waals surface area contributed by atoms with Crippen molar-refractivity contribution >= 4 is 13.8 Å². The fraction of sp³-hybridized carbons (Fsp3) is 0.143. The quantitative estimate of drug-likeness (QED) is 0.602. The zero-order chi connectivity index (χ0) is 7.40. The number of para-hydroxylation sites is 1. The van der Waals surface area contributed by atoms with Crippen LogP contribution in [0.25, 0.3) is 0 Å². The van der Waals surface area contributed by atoms with Gasteiger partial charge in [0.25, 0.3) is 0 Å². The maximum absolute atomic E-state index is 10.5. The second-order valence-electron chi connectivity index (χ2n) is 1.80. The Kier molecular flexibility index (Phi) is 2.41. The zero-order valence-corrected chi connectivity index (χ0v) is 6.63. The summed E-state index contributed by atoms with van der Waals surface area (Å²) in [5.74, 6) is 0.691. The van der Waals surface area contributed by atoms with E-state index in [2.05, 4.69) is 0 Å². The molecule has 3 heteroatoms. The van der Waals surface area contributed by atoms with Crippen LogP contribution in [0.2, 0.25) is 0 Å². The van der Waals surface area contributed by atoms with Crippen LogP contribution in [0.5, 0.6) is 5.75 Å². The molecule has 0 aliphatic heterocycles. The highest BCUT2D eigenvalue weighted by Gasteiger charge is 2.05. The summed E-state index contributed by atoms with van der Waals surface area (Å²) in [6, 6.07) is 7.26. The topological polar surface area (TPSA) is 26.3 Å². The third-order valence-electron chi connectivity index (χ3n) is 1.22. The van der Waals surface area contributed by atoms with Gasteiger partial charge < -0.3 is 4.74 Å². The molecule has 0 aromatic heterocycles. The molecule has 0 saturated carbocycles. The molecule has 2 nitrogen and oxygen atoms in total. The van der Waals surface area contributed by atoms with E-state index in [4.69, 9.17) is 4.74 Å². The first-order chi connectivity index (χ1) is 4.88. The Hall–Kier alpha value is -0.880. The zero-order valence-electron chi connectivity index (χ0n) is 5.63. The highest BCUT2D eigenvalue weighted by Crippen LogP contribution is 2.10. The minimum Gasteiger partial charge on any atom is -0.492 e. The van der Waals surface area contributed by atoms with Crippen molar-refractivity contribution in [2.24, 2.45) is 0 Å². The standard InChI is InChI=1S/C7H7O2P/c1-9-6-4-2-3-5-7(6)10-8/h2-5H,1H3/p+1. The molecule has 1 unspecified atom stereocenters. The molecule has 0 amide bonds. The van der Waals surface area contributed by atoms with E-state index < -0.39 is 8.46 Å². The van der Waals surface area contributed by atoms with Crippen LogP contribution >= 0.6 is 8.46 Å². The highest BCUT2D eigenvalue weighted by molar-refractivity contribution is 7.34. The van der Waals surface area contributed by atoms with Gasteiger partial charge in [0.1, 0.15) is 0 Å². The van der Waals surface area contributed by atoms with Crippen LogP contribution in [0.1, 0.15) is 0 Å². The van der Waals surface area contributed by atoms with E-state index in [1.54, 1.807) is 19.2 Å². The van der Waals surface area contributed by atoms with Crippen molar-refractivity contribution in [3.8, 4) is 5.75 Å². The van der Waals surface area contributed by atoms with Gasteiger partial charge in [-0.2, -0.15) is 0 Å². The van der Waals surface area contributed by atoms with Gasteiger partial charge in [-0.1, -0.05) is 16.7 Å². The molecule has 0 saturated heterocycles. The van der Waals surface area contributed by atoms with Gasteiger partial charge in [0.05, 0.1) is 7.11 Å². The smallest absolute Gasteiger partial charge is 0.367 e. The molecule has 52 valence electrons. The SMILES string of the molecule is COc1ccccc1[PH+]=O. The minimum atomic E-state index is -0.439. The number of ether oxygens (including phenoxy) is 1. The molecular formula is C7H8O2P+. The Morgan fingerprint density at radius 1 is 1.40 bits per heavy atom. The molecular weight excluding hydrogens is 147 g/mol. The van der Waals surface area contributed by atoms with Crippen molar-refractivity contribution in [3.63, 3.8) is 0 Å². The number of hydrogen-bond donors (Lipinski definition) is 0. The van der Waals surface area contributed by atoms with Crippen LogP contribution in [0.15, 0.2) is 24.3 Å². The van der Waals surface area contributed by atoms with Crippen LogP contribution < -0.4 is 10.0 Å². The summed E-state index contributed by atoms with van der Waals surface area (Å²) in [6.45, 7) is 0. The van der Waals surface area contributed by atoms with Gasteiger partial charge >= 0.3 is 8.46 Å². The average molecular weight is 155 g/mol. The summed E-state index contributed by atoms with van der Waals surface area (Å²) in [7, 11) is 1.13. The number of rotatable bonds is 2. The molecule has 0 spiro atoms. The molecule has 1 rings (SSSR count). The Bertz CT molecular complexity index is 235. The molecule has 1 aromatic rings. The first-order valence-electron chi connectivity index (χ1n) is 2.89. The Morgan fingerprint density at radius 2 is 2.10 bits per heavy atom. The minimum absolute atomic E-state index is 0.439. The molecule has 1 atom stereocenters. The summed E-state index contributed by atoms with van der Waals surface area (Å²) in [5, 5.41) is 0.741. The molecule has 1 aromatic carbocycles. The van der Waals surface area contributed by atoms with E-state index in [1.165, 1.54) is 0 Å². The summed E-state index contributed by atoms with van der Waals surface area (Å²) in [4.78, 5) is 0. The molecule has 0 fully saturated rings. The van der Waals surface area contributed by atoms with Crippen LogP contribution in [0, 0.1) is 0 Å². The van der Waals surface area contributed by atoms with E-state index in [1.807, 2.05) is 12.1 Å². The maximum Gasteiger partial charge on any atom is 0.367 e. The van der Waals surface area contributed by atoms with E-state index in [9.17, 15) is 4.57 Å². The van der Waals surface area contributed by atoms with Gasteiger partial charge in [0.2, 0.25) is 5.30 Å². The number of hydrogen-bond acceptors (Lipinski definition) is 2. The largest absolute Gasteiger partial charge is 0.492 e. The van der Waals surface area contributed by atoms with Crippen molar-refractivity contribution in [1.82, 2.24) is 0 Å². The Balaban J connectivity index is 3.08. The van der Waals surface area contributed by atoms with E-state index >= 15 is 0 Å². The fourth-order valence-electron chi connectivity index (χ4n) is 0.729. The van der Waals surface area contributed by atoms with Gasteiger partial charge in [-0.15, -0.1) is 0 Å². The lowest BCUT2D eigenvalue weighted by atomic mass is 10.3. The summed E-state index contributed by atoms with van der Waals surface area (Å²) >= 11 is 0. The molecule has 0 aliphatic rings. The van der Waals surface area contributed by atoms with E-state index in [0.29, 0.717) is 5.75 Å². The van der Waals surface area contributed by atoms with Crippen LogP contribution in [0.4, 0.5) is 0 Å². The summed E-state index contributed by atoms with van der Waals surface area (Å²) in [6.07, 6.45) is 0. The second kappa shape index (κ2) is 3.33. The van der Waals surface area contributed by atoms with Gasteiger partial charge in [0, 0.05) is 0 Å². The average Bonchev–Trinajstić information content (AvgIpc) is 2.04. The lowest BCUT2D eigenvalue weighted by Gasteiger charge is -1.94. The molecule has 0 heterocycles. The van der Waals surface area contributed by atoms with Crippen molar-refractivity contribution < 1.29 is 9.30 Å². The lowest BCUT2D eigenvalue weighted by Crippen LogP contribution is -1.97. The molecule has 0 aliphatic carbocycles. The van der Waals surface area contributed by atoms with Crippen molar-refractivity contribution in [3.05, 3.63) is 24.3 Å². The van der Waals surface area contributed by atoms with Crippen molar-refractivity contribution in [2.45, 2.75) is 0 Å². The first kappa shape index (κ1) is 7.23. The Labute approximate surface area is 61.0 Å². The van der Waals surface area contributed by atoms with Gasteiger partial charge in [-0.25, -0.2) is 0 Å². The van der Waals surface area contributed by atoms with Crippen LogP contribution in [0.3, 0.4) is 0 Å². The summed E-state index contributed by atoms with van der Waals surface area (Å²) in [5.41, 5.74) is 0. The predicted octanol–water partition coefficient (Wildman–Crippen LogP) is 1.34. The van der Waals surface area contributed by atoms with E-state index in [0.717, 1.165) is 5.30 Å². The van der Waals surface area contributed by atoms with E-state index in [-0.39, 0.29) is 0 Å². The molecule has 0 N–H and O–H groups in total. The van der Waals surface area contributed by atoms with Crippen molar-refractivity contribution in [2.75, 3.05) is 7.11 Å². The number of benzene rings is 1. The molecule has 10 heavy (non-hydrogen) atoms. The Morgan fingerprint density at radius 3 is 2.60 bits per heavy atom. The monoisotopic (exact) mass is 155 g/mol. The first-order valence-corrected chi connectivity index (χ1v) is 3.80. The van der Waals surface area contributed by atoms with Gasteiger partial charge in [0.15, 0.2) is 5.75 Å². The third kappa shape index (κ3) is 1.34. The third-order valence-corrected chi connectivity index (χ3v) is 1.85. The van der Waals surface area contributed by atoms with Gasteiger partial charge in [-0.05, 0) is 12.1 Å². The normalized spacial score (nSPS) is 9.70.